The van der Waals surface area contributed by atoms with Crippen molar-refractivity contribution in [1.29, 1.82) is 0 Å². The Kier molecular flexibility index (Phi) is 7.03. The van der Waals surface area contributed by atoms with Gasteiger partial charge in [-0.1, -0.05) is 37.6 Å². The fraction of sp³-hybridized carbons (Fsp3) is 0.286. The lowest BCUT2D eigenvalue weighted by Crippen LogP contribution is -2.10. The van der Waals surface area contributed by atoms with Gasteiger partial charge in [0.2, 0.25) is 0 Å². The maximum Gasteiger partial charge on any atom is 0.416 e. The average Bonchev–Trinajstić information content (AvgIpc) is 2.73. The molecule has 0 aliphatic rings. The first-order chi connectivity index (χ1) is 14.6. The summed E-state index contributed by atoms with van der Waals surface area (Å²) >= 11 is 11.9. The van der Waals surface area contributed by atoms with Gasteiger partial charge < -0.3 is 4.74 Å². The van der Waals surface area contributed by atoms with E-state index < -0.39 is 11.7 Å². The van der Waals surface area contributed by atoms with Crippen LogP contribution in [0.1, 0.15) is 36.5 Å². The molecule has 3 rings (SSSR count). The molecule has 31 heavy (non-hydrogen) atoms. The van der Waals surface area contributed by atoms with Gasteiger partial charge in [-0.3, -0.25) is 0 Å². The van der Waals surface area contributed by atoms with Crippen LogP contribution >= 0.6 is 23.4 Å². The van der Waals surface area contributed by atoms with Crippen molar-refractivity contribution in [3.63, 3.8) is 0 Å². The first-order valence-corrected chi connectivity index (χ1v) is 10.0. The molecule has 0 amide bonds. The molecule has 1 N–H and O–H groups in total. The topological polar surface area (TPSA) is 59.9 Å². The minimum Gasteiger partial charge on any atom is -0.467 e. The van der Waals surface area contributed by atoms with Crippen LogP contribution in [-0.2, 0) is 12.7 Å². The minimum absolute atomic E-state index is 0.0166. The van der Waals surface area contributed by atoms with Gasteiger partial charge in [-0.25, -0.2) is 9.82 Å². The molecule has 0 fully saturated rings. The minimum atomic E-state index is -4.45. The average molecular weight is 471 g/mol. The molecule has 1 heterocycles. The summed E-state index contributed by atoms with van der Waals surface area (Å²) in [6.07, 6.45) is -4.45. The van der Waals surface area contributed by atoms with Crippen molar-refractivity contribution < 1.29 is 17.9 Å². The highest BCUT2D eigenvalue weighted by atomic mass is 35.5. The number of hydrogen-bond donors (Lipinski definition) is 1. The summed E-state index contributed by atoms with van der Waals surface area (Å²) in [5.74, 6) is 0.0534. The largest absolute Gasteiger partial charge is 0.467 e. The van der Waals surface area contributed by atoms with Gasteiger partial charge in [0.25, 0.3) is 0 Å². The highest BCUT2D eigenvalue weighted by Crippen LogP contribution is 2.37. The lowest BCUT2D eigenvalue weighted by molar-refractivity contribution is -0.138. The van der Waals surface area contributed by atoms with Crippen molar-refractivity contribution in [2.45, 2.75) is 32.5 Å². The van der Waals surface area contributed by atoms with Gasteiger partial charge in [-0.2, -0.15) is 23.1 Å². The molecule has 5 nitrogen and oxygen atoms in total. The van der Waals surface area contributed by atoms with E-state index >= 15 is 0 Å². The number of methoxy groups -OCH3 is 1. The molecule has 0 unspecified atom stereocenters. The molecule has 0 saturated heterocycles. The first-order valence-electron chi connectivity index (χ1n) is 9.28. The van der Waals surface area contributed by atoms with Gasteiger partial charge in [0, 0.05) is 17.7 Å². The molecule has 0 spiro atoms. The number of halogens is 5. The lowest BCUT2D eigenvalue weighted by Gasteiger charge is -2.17. The standard InChI is InChI=1S/C21H19Cl2F3N4O/c1-11(2)14-9-13(5-6-16(14)21(24,25)26)18-28-19(30-20(29-18)31-3)15-8-12(10-27-23)4-7-17(15)22/h4-9,11,27H,10H2,1-3H3. The molecule has 1 aromatic heterocycles. The van der Waals surface area contributed by atoms with E-state index in [1.54, 1.807) is 32.0 Å². The molecule has 0 aliphatic heterocycles. The van der Waals surface area contributed by atoms with Crippen LogP contribution in [0.25, 0.3) is 22.8 Å². The van der Waals surface area contributed by atoms with Crippen LogP contribution in [0, 0.1) is 0 Å². The Hall–Kier alpha value is -2.42. The third-order valence-corrected chi connectivity index (χ3v) is 5.04. The van der Waals surface area contributed by atoms with Crippen molar-refractivity contribution in [3.8, 4) is 28.8 Å². The van der Waals surface area contributed by atoms with Gasteiger partial charge in [-0.05, 0) is 53.1 Å². The zero-order valence-electron chi connectivity index (χ0n) is 16.9. The maximum absolute atomic E-state index is 13.4. The van der Waals surface area contributed by atoms with Gasteiger partial charge in [-0.15, -0.1) is 0 Å². The highest BCUT2D eigenvalue weighted by Gasteiger charge is 2.34. The maximum atomic E-state index is 13.4. The zero-order chi connectivity index (χ0) is 22.8. The number of benzene rings is 2. The summed E-state index contributed by atoms with van der Waals surface area (Å²) in [4.78, 5) is 15.5. The Balaban J connectivity index is 2.16. The van der Waals surface area contributed by atoms with E-state index in [0.717, 1.165) is 11.6 Å². The van der Waals surface area contributed by atoms with Crippen molar-refractivity contribution in [1.82, 2.24) is 19.8 Å². The fourth-order valence-corrected chi connectivity index (χ4v) is 3.42. The second-order valence-corrected chi connectivity index (χ2v) is 7.72. The summed E-state index contributed by atoms with van der Waals surface area (Å²) in [6, 6.07) is 9.09. The van der Waals surface area contributed by atoms with Crippen molar-refractivity contribution in [2.24, 2.45) is 0 Å². The van der Waals surface area contributed by atoms with Gasteiger partial charge in [0.05, 0.1) is 17.7 Å². The van der Waals surface area contributed by atoms with Gasteiger partial charge in [0.15, 0.2) is 11.6 Å². The first kappa shape index (κ1) is 23.2. The lowest BCUT2D eigenvalue weighted by atomic mass is 9.94. The van der Waals surface area contributed by atoms with E-state index in [9.17, 15) is 13.2 Å². The van der Waals surface area contributed by atoms with E-state index in [1.165, 1.54) is 19.2 Å². The van der Waals surface area contributed by atoms with Crippen molar-refractivity contribution in [3.05, 3.63) is 58.1 Å². The SMILES string of the molecule is COc1nc(-c2ccc(C(F)(F)F)c(C(C)C)c2)nc(-c2cc(CNCl)ccc2Cl)n1. The second-order valence-electron chi connectivity index (χ2n) is 7.05. The molecule has 164 valence electrons. The van der Waals surface area contributed by atoms with Crippen LogP contribution in [0.5, 0.6) is 6.01 Å². The van der Waals surface area contributed by atoms with Crippen LogP contribution in [0.15, 0.2) is 36.4 Å². The predicted octanol–water partition coefficient (Wildman–Crippen LogP) is 6.25. The molecule has 0 aliphatic carbocycles. The van der Waals surface area contributed by atoms with Gasteiger partial charge in [0.1, 0.15) is 0 Å². The number of nitrogens with one attached hydrogen (secondary N) is 1. The summed E-state index contributed by atoms with van der Waals surface area (Å²) in [7, 11) is 1.39. The van der Waals surface area contributed by atoms with Crippen LogP contribution in [0.3, 0.4) is 0 Å². The van der Waals surface area contributed by atoms with E-state index in [2.05, 4.69) is 19.8 Å². The molecule has 0 atom stereocenters. The van der Waals surface area contributed by atoms with Crippen LogP contribution < -0.4 is 9.57 Å². The monoisotopic (exact) mass is 470 g/mol. The molecule has 0 bridgehead atoms. The Labute approximate surface area is 187 Å². The smallest absolute Gasteiger partial charge is 0.416 e. The molecule has 0 radical (unpaired) electrons. The third kappa shape index (κ3) is 5.26. The van der Waals surface area contributed by atoms with Crippen molar-refractivity contribution in [2.75, 3.05) is 7.11 Å². The van der Waals surface area contributed by atoms with Crippen LogP contribution in [-0.4, -0.2) is 22.1 Å². The van der Waals surface area contributed by atoms with E-state index in [4.69, 9.17) is 28.1 Å². The fourth-order valence-electron chi connectivity index (χ4n) is 3.07. The molecular weight excluding hydrogens is 452 g/mol. The van der Waals surface area contributed by atoms with Crippen LogP contribution in [0.4, 0.5) is 13.2 Å². The molecule has 3 aromatic rings. The van der Waals surface area contributed by atoms with Gasteiger partial charge >= 0.3 is 12.2 Å². The van der Waals surface area contributed by atoms with E-state index in [1.807, 2.05) is 0 Å². The van der Waals surface area contributed by atoms with Crippen molar-refractivity contribution >= 4 is 23.4 Å². The second kappa shape index (κ2) is 9.38. The molecule has 2 aromatic carbocycles. The molecular formula is C21H19Cl2F3N4O. The van der Waals surface area contributed by atoms with Crippen LogP contribution in [0.2, 0.25) is 5.02 Å². The zero-order valence-corrected chi connectivity index (χ0v) is 18.4. The Morgan fingerprint density at radius 1 is 1.03 bits per heavy atom. The quantitative estimate of drug-likeness (QED) is 0.431. The third-order valence-electron chi connectivity index (χ3n) is 4.58. The summed E-state index contributed by atoms with van der Waals surface area (Å²) < 4.78 is 45.4. The number of nitrogens with zero attached hydrogens (tertiary/aromatic N) is 3. The Morgan fingerprint density at radius 3 is 2.35 bits per heavy atom. The normalized spacial score (nSPS) is 11.8. The number of aromatic nitrogens is 3. The summed E-state index contributed by atoms with van der Waals surface area (Å²) in [5.41, 5.74) is 1.24. The molecule has 10 heteroatoms. The highest BCUT2D eigenvalue weighted by molar-refractivity contribution is 6.33. The number of alkyl halides is 3. The molecule has 0 saturated carbocycles. The predicted molar refractivity (Wildman–Crippen MR) is 114 cm³/mol. The number of ether oxygens (including phenoxy) is 1. The Morgan fingerprint density at radius 2 is 1.74 bits per heavy atom. The summed E-state index contributed by atoms with van der Waals surface area (Å²) in [6.45, 7) is 3.78. The number of rotatable bonds is 6. The van der Waals surface area contributed by atoms with E-state index in [0.29, 0.717) is 22.7 Å². The number of hydrogen-bond acceptors (Lipinski definition) is 5. The summed E-state index contributed by atoms with van der Waals surface area (Å²) in [5, 5.41) is 0.396. The Bertz CT molecular complexity index is 1090. The van der Waals surface area contributed by atoms with E-state index in [-0.39, 0.29) is 29.1 Å².